The van der Waals surface area contributed by atoms with Gasteiger partial charge in [-0.05, 0) is 37.2 Å². The number of benzene rings is 1. The first kappa shape index (κ1) is 14.9. The summed E-state index contributed by atoms with van der Waals surface area (Å²) in [5, 5.41) is 0. The maximum absolute atomic E-state index is 12.3. The first-order chi connectivity index (χ1) is 10.1. The van der Waals surface area contributed by atoms with Crippen LogP contribution in [0.4, 0.5) is 0 Å². The number of likely N-dealkylation sites (tertiary alicyclic amines) is 1. The second kappa shape index (κ2) is 6.41. The molecule has 0 radical (unpaired) electrons. The largest absolute Gasteiger partial charge is 0.341 e. The lowest BCUT2D eigenvalue weighted by Gasteiger charge is -2.18. The van der Waals surface area contributed by atoms with Crippen LogP contribution in [0.3, 0.4) is 0 Å². The molecule has 3 rings (SSSR count). The minimum Gasteiger partial charge on any atom is -0.341 e. The van der Waals surface area contributed by atoms with Gasteiger partial charge in [-0.1, -0.05) is 29.8 Å². The van der Waals surface area contributed by atoms with Crippen molar-refractivity contribution in [3.05, 3.63) is 35.4 Å². The Kier molecular flexibility index (Phi) is 4.55. The van der Waals surface area contributed by atoms with Gasteiger partial charge in [-0.25, -0.2) is 0 Å². The number of carbonyl (C=O) groups is 1. The van der Waals surface area contributed by atoms with Gasteiger partial charge >= 0.3 is 0 Å². The quantitative estimate of drug-likeness (QED) is 0.929. The molecule has 3 nitrogen and oxygen atoms in total. The van der Waals surface area contributed by atoms with Gasteiger partial charge in [0.2, 0.25) is 5.91 Å². The van der Waals surface area contributed by atoms with Gasteiger partial charge in [-0.15, -0.1) is 11.8 Å². The number of nitrogens with two attached hydrogens (primary N) is 1. The molecule has 1 aliphatic heterocycles. The molecule has 3 atom stereocenters. The van der Waals surface area contributed by atoms with Gasteiger partial charge in [0, 0.05) is 24.9 Å². The van der Waals surface area contributed by atoms with Crippen LogP contribution in [0.2, 0.25) is 0 Å². The average molecular weight is 304 g/mol. The summed E-state index contributed by atoms with van der Waals surface area (Å²) < 4.78 is 0. The predicted molar refractivity (Wildman–Crippen MR) is 88.1 cm³/mol. The van der Waals surface area contributed by atoms with Crippen molar-refractivity contribution < 1.29 is 4.79 Å². The number of aryl methyl sites for hydroxylation is 1. The van der Waals surface area contributed by atoms with E-state index in [2.05, 4.69) is 31.2 Å². The monoisotopic (exact) mass is 304 g/mol. The fraction of sp³-hybridized carbons (Fsp3) is 0.588. The highest BCUT2D eigenvalue weighted by atomic mass is 32.2. The van der Waals surface area contributed by atoms with Crippen LogP contribution in [0.15, 0.2) is 24.3 Å². The number of hydrogen-bond donors (Lipinski definition) is 1. The topological polar surface area (TPSA) is 46.3 Å². The van der Waals surface area contributed by atoms with E-state index in [0.717, 1.165) is 25.3 Å². The second-order valence-electron chi connectivity index (χ2n) is 6.45. The van der Waals surface area contributed by atoms with Gasteiger partial charge in [0.25, 0.3) is 0 Å². The Morgan fingerprint density at radius 1 is 1.38 bits per heavy atom. The van der Waals surface area contributed by atoms with Crippen molar-refractivity contribution in [2.75, 3.05) is 18.8 Å². The Hall–Kier alpha value is -1.00. The smallest absolute Gasteiger partial charge is 0.232 e. The Bertz CT molecular complexity index is 519. The molecule has 0 bridgehead atoms. The van der Waals surface area contributed by atoms with Crippen molar-refractivity contribution in [3.63, 3.8) is 0 Å². The SMILES string of the molecule is Cc1cccc(CSCC(=O)N2CC3CCC(N)C3C2)c1. The molecule has 2 aliphatic rings. The minimum absolute atomic E-state index is 0.286. The number of fused-ring (bicyclic) bond motifs is 1. The summed E-state index contributed by atoms with van der Waals surface area (Å²) >= 11 is 1.72. The first-order valence-electron chi connectivity index (χ1n) is 7.80. The molecule has 4 heteroatoms. The van der Waals surface area contributed by atoms with E-state index in [9.17, 15) is 4.79 Å². The molecule has 114 valence electrons. The van der Waals surface area contributed by atoms with E-state index >= 15 is 0 Å². The second-order valence-corrected chi connectivity index (χ2v) is 7.43. The van der Waals surface area contributed by atoms with Crippen LogP contribution in [0.5, 0.6) is 0 Å². The Labute approximate surface area is 131 Å². The molecule has 0 aromatic heterocycles. The standard InChI is InChI=1S/C17H24N2OS/c1-12-3-2-4-13(7-12)10-21-11-17(20)19-8-14-5-6-16(18)15(14)9-19/h2-4,7,14-16H,5-6,8-11,18H2,1H3. The Balaban J connectivity index is 1.45. The van der Waals surface area contributed by atoms with Gasteiger partial charge in [-0.3, -0.25) is 4.79 Å². The highest BCUT2D eigenvalue weighted by molar-refractivity contribution is 7.99. The number of thioether (sulfide) groups is 1. The molecule has 2 N–H and O–H groups in total. The summed E-state index contributed by atoms with van der Waals surface area (Å²) in [5.74, 6) is 2.99. The minimum atomic E-state index is 0.286. The third-order valence-electron chi connectivity index (χ3n) is 4.84. The van der Waals surface area contributed by atoms with Crippen LogP contribution in [0.1, 0.15) is 24.0 Å². The zero-order valence-electron chi connectivity index (χ0n) is 12.6. The van der Waals surface area contributed by atoms with Crippen LogP contribution in [-0.2, 0) is 10.5 Å². The molecule has 3 unspecified atom stereocenters. The third kappa shape index (κ3) is 3.43. The lowest BCUT2D eigenvalue weighted by atomic mass is 9.98. The zero-order valence-corrected chi connectivity index (χ0v) is 13.4. The molecule has 1 saturated heterocycles. The van der Waals surface area contributed by atoms with Crippen molar-refractivity contribution in [1.82, 2.24) is 4.90 Å². The van der Waals surface area contributed by atoms with E-state index in [1.165, 1.54) is 17.5 Å². The van der Waals surface area contributed by atoms with Crippen LogP contribution in [0, 0.1) is 18.8 Å². The molecule has 21 heavy (non-hydrogen) atoms. The molecule has 2 fully saturated rings. The lowest BCUT2D eigenvalue weighted by molar-refractivity contribution is -0.127. The van der Waals surface area contributed by atoms with Crippen molar-refractivity contribution >= 4 is 17.7 Å². The van der Waals surface area contributed by atoms with Crippen LogP contribution in [0.25, 0.3) is 0 Å². The van der Waals surface area contributed by atoms with Gasteiger partial charge in [-0.2, -0.15) is 0 Å². The maximum Gasteiger partial charge on any atom is 0.232 e. The number of nitrogens with zero attached hydrogens (tertiary/aromatic N) is 1. The number of amides is 1. The number of hydrogen-bond acceptors (Lipinski definition) is 3. The summed E-state index contributed by atoms with van der Waals surface area (Å²) in [6.07, 6.45) is 2.34. The highest BCUT2D eigenvalue weighted by Gasteiger charge is 2.42. The number of rotatable bonds is 4. The van der Waals surface area contributed by atoms with Crippen LogP contribution in [-0.4, -0.2) is 35.7 Å². The van der Waals surface area contributed by atoms with E-state index in [4.69, 9.17) is 5.73 Å². The van der Waals surface area contributed by atoms with Crippen LogP contribution >= 0.6 is 11.8 Å². The maximum atomic E-state index is 12.3. The normalized spacial score (nSPS) is 27.9. The van der Waals surface area contributed by atoms with E-state index in [1.54, 1.807) is 11.8 Å². The zero-order chi connectivity index (χ0) is 14.8. The molecule has 1 aromatic carbocycles. The van der Waals surface area contributed by atoms with Gasteiger partial charge < -0.3 is 10.6 Å². The van der Waals surface area contributed by atoms with Crippen molar-refractivity contribution in [3.8, 4) is 0 Å². The fourth-order valence-electron chi connectivity index (χ4n) is 3.66. The summed E-state index contributed by atoms with van der Waals surface area (Å²) in [6.45, 7) is 3.92. The molecular formula is C17H24N2OS. The van der Waals surface area contributed by atoms with Crippen molar-refractivity contribution in [1.29, 1.82) is 0 Å². The molecular weight excluding hydrogens is 280 g/mol. The lowest BCUT2D eigenvalue weighted by Crippen LogP contribution is -2.34. The first-order valence-corrected chi connectivity index (χ1v) is 8.95. The predicted octanol–water partition coefficient (Wildman–Crippen LogP) is 2.42. The summed E-state index contributed by atoms with van der Waals surface area (Å²) in [7, 11) is 0. The third-order valence-corrected chi connectivity index (χ3v) is 5.83. The number of carbonyl (C=O) groups excluding carboxylic acids is 1. The van der Waals surface area contributed by atoms with Crippen LogP contribution < -0.4 is 5.73 Å². The molecule has 1 amide bonds. The van der Waals surface area contributed by atoms with Gasteiger partial charge in [0.1, 0.15) is 0 Å². The van der Waals surface area contributed by atoms with Gasteiger partial charge in [0.15, 0.2) is 0 Å². The van der Waals surface area contributed by atoms with Crippen molar-refractivity contribution in [2.45, 2.75) is 31.6 Å². The van der Waals surface area contributed by atoms with E-state index in [-0.39, 0.29) is 5.91 Å². The Morgan fingerprint density at radius 3 is 3.00 bits per heavy atom. The summed E-state index contributed by atoms with van der Waals surface area (Å²) in [4.78, 5) is 14.3. The van der Waals surface area contributed by atoms with E-state index < -0.39 is 0 Å². The molecule has 1 aliphatic carbocycles. The average Bonchev–Trinajstić information content (AvgIpc) is 3.02. The van der Waals surface area contributed by atoms with E-state index in [0.29, 0.717) is 23.6 Å². The fourth-order valence-corrected chi connectivity index (χ4v) is 4.54. The highest BCUT2D eigenvalue weighted by Crippen LogP contribution is 2.37. The Morgan fingerprint density at radius 2 is 2.24 bits per heavy atom. The van der Waals surface area contributed by atoms with Crippen molar-refractivity contribution in [2.24, 2.45) is 17.6 Å². The van der Waals surface area contributed by atoms with Gasteiger partial charge in [0.05, 0.1) is 5.75 Å². The molecule has 1 saturated carbocycles. The summed E-state index contributed by atoms with van der Waals surface area (Å²) in [5.41, 5.74) is 8.71. The summed E-state index contributed by atoms with van der Waals surface area (Å²) in [6, 6.07) is 8.81. The molecule has 1 aromatic rings. The van der Waals surface area contributed by atoms with E-state index in [1.807, 2.05) is 4.90 Å². The molecule has 1 heterocycles. The molecule has 0 spiro atoms.